The van der Waals surface area contributed by atoms with Gasteiger partial charge in [0.05, 0.1) is 0 Å². The fourth-order valence-electron chi connectivity index (χ4n) is 2.63. The van der Waals surface area contributed by atoms with E-state index >= 15 is 0 Å². The second-order valence-electron chi connectivity index (χ2n) is 5.05. The van der Waals surface area contributed by atoms with Gasteiger partial charge >= 0.3 is 0 Å². The third kappa shape index (κ3) is 3.96. The first kappa shape index (κ1) is 13.8. The molecule has 0 spiro atoms. The maximum atomic E-state index is 3.49. The van der Waals surface area contributed by atoms with Crippen molar-refractivity contribution in [3.63, 3.8) is 0 Å². The zero-order chi connectivity index (χ0) is 12.8. The van der Waals surface area contributed by atoms with Crippen molar-refractivity contribution in [2.45, 2.75) is 44.6 Å². The van der Waals surface area contributed by atoms with Gasteiger partial charge in [-0.15, -0.1) is 0 Å². The average molecular weight is 308 g/mol. The number of allylic oxidation sites excluding steroid dienone is 1. The average Bonchev–Trinajstić information content (AvgIpc) is 2.67. The molecule has 0 bridgehead atoms. The second-order valence-corrected chi connectivity index (χ2v) is 5.97. The maximum Gasteiger partial charge on any atom is 0.0317 e. The molecule has 1 aliphatic carbocycles. The Bertz CT molecular complexity index is 394. The van der Waals surface area contributed by atoms with E-state index in [9.17, 15) is 0 Å². The number of benzene rings is 1. The highest BCUT2D eigenvalue weighted by Gasteiger charge is 2.14. The smallest absolute Gasteiger partial charge is 0.0317 e. The van der Waals surface area contributed by atoms with Crippen LogP contribution in [0.5, 0.6) is 0 Å². The van der Waals surface area contributed by atoms with Gasteiger partial charge in [0.1, 0.15) is 0 Å². The number of halogens is 1. The summed E-state index contributed by atoms with van der Waals surface area (Å²) in [5.74, 6) is 0. The maximum absolute atomic E-state index is 3.49. The van der Waals surface area contributed by atoms with E-state index in [0.29, 0.717) is 6.04 Å². The zero-order valence-corrected chi connectivity index (χ0v) is 12.7. The molecule has 1 N–H and O–H groups in total. The largest absolute Gasteiger partial charge is 0.313 e. The SMILES string of the molecule is CNC(Cc1ccc(Br)cc1)C1=CCCCCC1. The standard InChI is InChI=1S/C16H22BrN/c1-18-16(14-6-4-2-3-5-7-14)12-13-8-10-15(17)11-9-13/h6,8-11,16,18H,2-5,7,12H2,1H3. The Morgan fingerprint density at radius 1 is 1.17 bits per heavy atom. The summed E-state index contributed by atoms with van der Waals surface area (Å²) in [4.78, 5) is 0. The van der Waals surface area contributed by atoms with Gasteiger partial charge in [-0.05, 0) is 56.8 Å². The molecule has 0 saturated heterocycles. The fourth-order valence-corrected chi connectivity index (χ4v) is 2.90. The molecule has 98 valence electrons. The molecule has 0 saturated carbocycles. The summed E-state index contributed by atoms with van der Waals surface area (Å²) in [5.41, 5.74) is 3.01. The summed E-state index contributed by atoms with van der Waals surface area (Å²) in [6, 6.07) is 9.19. The van der Waals surface area contributed by atoms with Crippen molar-refractivity contribution in [2.24, 2.45) is 0 Å². The Balaban J connectivity index is 2.04. The van der Waals surface area contributed by atoms with Crippen molar-refractivity contribution in [1.82, 2.24) is 5.32 Å². The third-order valence-electron chi connectivity index (χ3n) is 3.73. The zero-order valence-electron chi connectivity index (χ0n) is 11.1. The molecule has 0 aliphatic heterocycles. The van der Waals surface area contributed by atoms with Crippen LogP contribution in [0.1, 0.15) is 37.7 Å². The van der Waals surface area contributed by atoms with Crippen molar-refractivity contribution >= 4 is 15.9 Å². The summed E-state index contributed by atoms with van der Waals surface area (Å²) in [6.07, 6.45) is 10.2. The molecule has 2 heteroatoms. The van der Waals surface area contributed by atoms with Crippen LogP contribution in [0.15, 0.2) is 40.4 Å². The van der Waals surface area contributed by atoms with E-state index in [1.807, 2.05) is 0 Å². The second kappa shape index (κ2) is 7.10. The number of hydrogen-bond acceptors (Lipinski definition) is 1. The minimum Gasteiger partial charge on any atom is -0.313 e. The van der Waals surface area contributed by atoms with E-state index in [-0.39, 0.29) is 0 Å². The van der Waals surface area contributed by atoms with E-state index in [1.165, 1.54) is 37.7 Å². The molecular formula is C16H22BrN. The molecule has 1 nitrogen and oxygen atoms in total. The number of hydrogen-bond donors (Lipinski definition) is 1. The molecule has 1 atom stereocenters. The number of nitrogens with one attached hydrogen (secondary N) is 1. The molecule has 1 aromatic carbocycles. The molecule has 0 radical (unpaired) electrons. The van der Waals surface area contributed by atoms with E-state index in [0.717, 1.165) is 10.9 Å². The van der Waals surface area contributed by atoms with E-state index in [1.54, 1.807) is 5.57 Å². The normalized spacial score (nSPS) is 18.0. The van der Waals surface area contributed by atoms with Gasteiger partial charge in [-0.1, -0.05) is 46.1 Å². The summed E-state index contributed by atoms with van der Waals surface area (Å²) >= 11 is 3.49. The fraction of sp³-hybridized carbons (Fsp3) is 0.500. The van der Waals surface area contributed by atoms with Crippen LogP contribution in [0, 0.1) is 0 Å². The first-order chi connectivity index (χ1) is 8.79. The number of likely N-dealkylation sites (N-methyl/N-ethyl adjacent to an activating group) is 1. The minimum atomic E-state index is 0.504. The Kier molecular flexibility index (Phi) is 5.45. The van der Waals surface area contributed by atoms with Crippen LogP contribution < -0.4 is 5.32 Å². The van der Waals surface area contributed by atoms with E-state index in [2.05, 4.69) is 58.6 Å². The van der Waals surface area contributed by atoms with Gasteiger partial charge in [0.25, 0.3) is 0 Å². The van der Waals surface area contributed by atoms with Crippen molar-refractivity contribution in [3.05, 3.63) is 46.0 Å². The molecule has 1 aromatic rings. The lowest BCUT2D eigenvalue weighted by atomic mass is 9.96. The molecule has 0 aromatic heterocycles. The van der Waals surface area contributed by atoms with Crippen LogP contribution >= 0.6 is 15.9 Å². The Morgan fingerprint density at radius 2 is 1.94 bits per heavy atom. The summed E-state index contributed by atoms with van der Waals surface area (Å²) < 4.78 is 1.15. The topological polar surface area (TPSA) is 12.0 Å². The Labute approximate surface area is 119 Å². The van der Waals surface area contributed by atoms with Gasteiger partial charge < -0.3 is 5.32 Å². The molecule has 2 rings (SSSR count). The van der Waals surface area contributed by atoms with Gasteiger partial charge in [0.15, 0.2) is 0 Å². The van der Waals surface area contributed by atoms with Gasteiger partial charge in [-0.25, -0.2) is 0 Å². The lowest BCUT2D eigenvalue weighted by Crippen LogP contribution is -2.29. The van der Waals surface area contributed by atoms with Crippen molar-refractivity contribution < 1.29 is 0 Å². The first-order valence-electron chi connectivity index (χ1n) is 6.90. The van der Waals surface area contributed by atoms with Crippen LogP contribution in [-0.2, 0) is 6.42 Å². The summed E-state index contributed by atoms with van der Waals surface area (Å²) in [7, 11) is 2.08. The quantitative estimate of drug-likeness (QED) is 0.809. The third-order valence-corrected chi connectivity index (χ3v) is 4.25. The first-order valence-corrected chi connectivity index (χ1v) is 7.69. The molecule has 18 heavy (non-hydrogen) atoms. The molecule has 1 aliphatic rings. The van der Waals surface area contributed by atoms with Gasteiger partial charge in [0.2, 0.25) is 0 Å². The van der Waals surface area contributed by atoms with Gasteiger partial charge in [0, 0.05) is 10.5 Å². The Morgan fingerprint density at radius 3 is 2.67 bits per heavy atom. The van der Waals surface area contributed by atoms with E-state index < -0.39 is 0 Å². The highest BCUT2D eigenvalue weighted by Crippen LogP contribution is 2.22. The molecule has 0 fully saturated rings. The lowest BCUT2D eigenvalue weighted by Gasteiger charge is -2.20. The highest BCUT2D eigenvalue weighted by molar-refractivity contribution is 9.10. The molecule has 1 unspecified atom stereocenters. The number of rotatable bonds is 4. The monoisotopic (exact) mass is 307 g/mol. The van der Waals surface area contributed by atoms with Gasteiger partial charge in [-0.3, -0.25) is 0 Å². The summed E-state index contributed by atoms with van der Waals surface area (Å²) in [5, 5.41) is 3.48. The van der Waals surface area contributed by atoms with Crippen LogP contribution in [0.2, 0.25) is 0 Å². The lowest BCUT2D eigenvalue weighted by molar-refractivity contribution is 0.597. The van der Waals surface area contributed by atoms with E-state index in [4.69, 9.17) is 0 Å². The van der Waals surface area contributed by atoms with Crippen LogP contribution in [0.25, 0.3) is 0 Å². The predicted molar refractivity (Wildman–Crippen MR) is 81.9 cm³/mol. The predicted octanol–water partition coefficient (Wildman–Crippen LogP) is 4.47. The van der Waals surface area contributed by atoms with Crippen molar-refractivity contribution in [3.8, 4) is 0 Å². The van der Waals surface area contributed by atoms with Crippen LogP contribution in [-0.4, -0.2) is 13.1 Å². The van der Waals surface area contributed by atoms with Crippen LogP contribution in [0.4, 0.5) is 0 Å². The van der Waals surface area contributed by atoms with Crippen molar-refractivity contribution in [2.75, 3.05) is 7.05 Å². The van der Waals surface area contributed by atoms with Crippen molar-refractivity contribution in [1.29, 1.82) is 0 Å². The minimum absolute atomic E-state index is 0.504. The molecule has 0 heterocycles. The Hall–Kier alpha value is -0.600. The van der Waals surface area contributed by atoms with Crippen LogP contribution in [0.3, 0.4) is 0 Å². The van der Waals surface area contributed by atoms with Gasteiger partial charge in [-0.2, -0.15) is 0 Å². The molecule has 0 amide bonds. The highest BCUT2D eigenvalue weighted by atomic mass is 79.9. The summed E-state index contributed by atoms with van der Waals surface area (Å²) in [6.45, 7) is 0. The molecular weight excluding hydrogens is 286 g/mol.